The predicted molar refractivity (Wildman–Crippen MR) is 103 cm³/mol. The number of rotatable bonds is 6. The minimum Gasteiger partial charge on any atom is -0.342 e. The molecule has 0 saturated carbocycles. The Morgan fingerprint density at radius 1 is 1.52 bits per heavy atom. The number of carbonyl (C=O) groups excluding carboxylic acids is 1. The highest BCUT2D eigenvalue weighted by Crippen LogP contribution is 2.21. The maximum atomic E-state index is 12.5. The molecule has 27 heavy (non-hydrogen) atoms. The number of H-pyrrole nitrogens is 1. The summed E-state index contributed by atoms with van der Waals surface area (Å²) in [4.78, 5) is 26.3. The van der Waals surface area contributed by atoms with E-state index in [1.165, 1.54) is 0 Å². The fourth-order valence-corrected chi connectivity index (χ4v) is 3.41. The summed E-state index contributed by atoms with van der Waals surface area (Å²) >= 11 is 0. The van der Waals surface area contributed by atoms with Crippen molar-refractivity contribution in [2.75, 3.05) is 13.1 Å². The molecule has 0 aliphatic carbocycles. The van der Waals surface area contributed by atoms with Gasteiger partial charge < -0.3 is 15.2 Å². The predicted octanol–water partition coefficient (Wildman–Crippen LogP) is 2.21. The van der Waals surface area contributed by atoms with E-state index in [1.54, 1.807) is 17.3 Å². The lowest BCUT2D eigenvalue weighted by atomic mass is 9.97. The number of aromatic amines is 1. The zero-order valence-electron chi connectivity index (χ0n) is 16.1. The number of aromatic nitrogens is 3. The van der Waals surface area contributed by atoms with Crippen LogP contribution in [-0.2, 0) is 11.2 Å². The van der Waals surface area contributed by atoms with Crippen molar-refractivity contribution in [1.29, 1.82) is 5.26 Å². The van der Waals surface area contributed by atoms with E-state index in [0.29, 0.717) is 13.0 Å². The lowest BCUT2D eigenvalue weighted by Gasteiger charge is -2.28. The molecule has 0 aromatic carbocycles. The molecule has 7 heteroatoms. The Kier molecular flexibility index (Phi) is 5.57. The third-order valence-corrected chi connectivity index (χ3v) is 4.97. The maximum Gasteiger partial charge on any atom is 0.237 e. The van der Waals surface area contributed by atoms with Gasteiger partial charge in [-0.25, -0.2) is 4.98 Å². The van der Waals surface area contributed by atoms with Crippen LogP contribution < -0.4 is 5.32 Å². The monoisotopic (exact) mass is 366 g/mol. The minimum atomic E-state index is -0.302. The summed E-state index contributed by atoms with van der Waals surface area (Å²) in [6.45, 7) is 7.02. The summed E-state index contributed by atoms with van der Waals surface area (Å²) < 4.78 is 0. The smallest absolute Gasteiger partial charge is 0.237 e. The van der Waals surface area contributed by atoms with E-state index in [0.717, 1.165) is 35.6 Å². The average molecular weight is 366 g/mol. The molecule has 7 nitrogen and oxygen atoms in total. The summed E-state index contributed by atoms with van der Waals surface area (Å²) in [5.74, 6) is 0.790. The highest BCUT2D eigenvalue weighted by molar-refractivity contribution is 5.79. The Labute approximate surface area is 159 Å². The number of nitrogens with zero attached hydrogens (tertiary/aromatic N) is 4. The van der Waals surface area contributed by atoms with Crippen LogP contribution in [0.5, 0.6) is 0 Å². The van der Waals surface area contributed by atoms with Gasteiger partial charge in [-0.2, -0.15) is 5.26 Å². The molecule has 3 heterocycles. The summed E-state index contributed by atoms with van der Waals surface area (Å²) in [5.41, 5.74) is 2.63. The Balaban J connectivity index is 1.62. The van der Waals surface area contributed by atoms with E-state index in [9.17, 15) is 4.79 Å². The summed E-state index contributed by atoms with van der Waals surface area (Å²) in [5, 5.41) is 12.5. The first kappa shape index (κ1) is 19.1. The molecule has 3 rings (SSSR count). The van der Waals surface area contributed by atoms with Crippen molar-refractivity contribution in [2.45, 2.75) is 51.6 Å². The SMILES string of the molecule is Cc1[nH]c(-c2cccnc2)nc1CC(C)(C)NCC(=O)N1CCCC1C#N. The Hall–Kier alpha value is -2.72. The fraction of sp³-hybridized carbons (Fsp3) is 0.500. The summed E-state index contributed by atoms with van der Waals surface area (Å²) in [6.07, 6.45) is 5.88. The number of imidazole rings is 1. The molecule has 1 aliphatic rings. The average Bonchev–Trinajstić information content (AvgIpc) is 3.27. The standard InChI is InChI=1S/C20H26N6O/c1-14-17(25-19(24-14)15-6-4-8-22-12-15)10-20(2,3)23-13-18(27)26-9-5-7-16(26)11-21/h4,6,8,12,16,23H,5,7,9-10,13H2,1-3H3,(H,24,25). The van der Waals surface area contributed by atoms with E-state index in [1.807, 2.05) is 19.1 Å². The van der Waals surface area contributed by atoms with Gasteiger partial charge >= 0.3 is 0 Å². The Bertz CT molecular complexity index is 836. The molecule has 142 valence electrons. The molecule has 2 N–H and O–H groups in total. The van der Waals surface area contributed by atoms with Gasteiger partial charge in [-0.3, -0.25) is 9.78 Å². The van der Waals surface area contributed by atoms with Crippen molar-refractivity contribution in [2.24, 2.45) is 0 Å². The van der Waals surface area contributed by atoms with Crippen LogP contribution in [0.15, 0.2) is 24.5 Å². The largest absolute Gasteiger partial charge is 0.342 e. The molecule has 2 aromatic heterocycles. The molecular formula is C20H26N6O. The molecule has 0 bridgehead atoms. The molecule has 2 aromatic rings. The minimum absolute atomic E-state index is 0.0121. The first-order valence-electron chi connectivity index (χ1n) is 9.29. The third-order valence-electron chi connectivity index (χ3n) is 4.97. The van der Waals surface area contributed by atoms with Gasteiger partial charge in [-0.05, 0) is 45.7 Å². The van der Waals surface area contributed by atoms with Gasteiger partial charge in [0.2, 0.25) is 5.91 Å². The molecule has 1 atom stereocenters. The van der Waals surface area contributed by atoms with Crippen LogP contribution in [0.2, 0.25) is 0 Å². The van der Waals surface area contributed by atoms with Gasteiger partial charge in [0, 0.05) is 42.2 Å². The van der Waals surface area contributed by atoms with Crippen LogP contribution in [0.1, 0.15) is 38.1 Å². The van der Waals surface area contributed by atoms with E-state index < -0.39 is 0 Å². The van der Waals surface area contributed by atoms with Crippen molar-refractivity contribution in [3.05, 3.63) is 35.9 Å². The second-order valence-corrected chi connectivity index (χ2v) is 7.69. The van der Waals surface area contributed by atoms with Gasteiger partial charge in [0.05, 0.1) is 18.3 Å². The van der Waals surface area contributed by atoms with E-state index in [2.05, 4.69) is 35.2 Å². The molecular weight excluding hydrogens is 340 g/mol. The van der Waals surface area contributed by atoms with E-state index in [4.69, 9.17) is 10.2 Å². The molecule has 0 radical (unpaired) electrons. The highest BCUT2D eigenvalue weighted by atomic mass is 16.2. The number of likely N-dealkylation sites (tertiary alicyclic amines) is 1. The van der Waals surface area contributed by atoms with Gasteiger partial charge in [-0.1, -0.05) is 0 Å². The Morgan fingerprint density at radius 2 is 2.33 bits per heavy atom. The first-order chi connectivity index (χ1) is 12.9. The van der Waals surface area contributed by atoms with Crippen LogP contribution in [0.4, 0.5) is 0 Å². The Morgan fingerprint density at radius 3 is 3.04 bits per heavy atom. The lowest BCUT2D eigenvalue weighted by Crippen LogP contribution is -2.48. The van der Waals surface area contributed by atoms with Crippen LogP contribution in [0, 0.1) is 18.3 Å². The fourth-order valence-electron chi connectivity index (χ4n) is 3.41. The number of nitriles is 1. The van der Waals surface area contributed by atoms with Crippen LogP contribution in [0.3, 0.4) is 0 Å². The van der Waals surface area contributed by atoms with Crippen molar-refractivity contribution in [1.82, 2.24) is 25.2 Å². The van der Waals surface area contributed by atoms with Crippen LogP contribution in [0.25, 0.3) is 11.4 Å². The summed E-state index contributed by atoms with van der Waals surface area (Å²) in [6, 6.07) is 5.79. The second kappa shape index (κ2) is 7.89. The van der Waals surface area contributed by atoms with Gasteiger partial charge in [0.25, 0.3) is 0 Å². The zero-order valence-corrected chi connectivity index (χ0v) is 16.1. The number of amides is 1. The van der Waals surface area contributed by atoms with Gasteiger partial charge in [0.15, 0.2) is 0 Å². The van der Waals surface area contributed by atoms with E-state index >= 15 is 0 Å². The second-order valence-electron chi connectivity index (χ2n) is 7.69. The number of nitrogens with one attached hydrogen (secondary N) is 2. The molecule has 1 fully saturated rings. The number of aryl methyl sites for hydroxylation is 1. The van der Waals surface area contributed by atoms with Gasteiger partial charge in [-0.15, -0.1) is 0 Å². The molecule has 0 spiro atoms. The molecule has 1 unspecified atom stereocenters. The van der Waals surface area contributed by atoms with Crippen LogP contribution >= 0.6 is 0 Å². The van der Waals surface area contributed by atoms with Crippen molar-refractivity contribution < 1.29 is 4.79 Å². The zero-order chi connectivity index (χ0) is 19.4. The maximum absolute atomic E-state index is 12.5. The van der Waals surface area contributed by atoms with Crippen LogP contribution in [-0.4, -0.2) is 50.4 Å². The number of carbonyl (C=O) groups is 1. The quantitative estimate of drug-likeness (QED) is 0.817. The molecule has 1 aliphatic heterocycles. The highest BCUT2D eigenvalue weighted by Gasteiger charge is 2.30. The number of hydrogen-bond acceptors (Lipinski definition) is 5. The topological polar surface area (TPSA) is 97.7 Å². The van der Waals surface area contributed by atoms with Crippen molar-refractivity contribution in [3.63, 3.8) is 0 Å². The van der Waals surface area contributed by atoms with E-state index in [-0.39, 0.29) is 24.0 Å². The third kappa shape index (κ3) is 4.52. The number of pyridine rings is 1. The normalized spacial score (nSPS) is 17.1. The molecule has 1 amide bonds. The molecule has 1 saturated heterocycles. The van der Waals surface area contributed by atoms with Crippen molar-refractivity contribution in [3.8, 4) is 17.5 Å². The van der Waals surface area contributed by atoms with Crippen molar-refractivity contribution >= 4 is 5.91 Å². The summed E-state index contributed by atoms with van der Waals surface area (Å²) in [7, 11) is 0. The lowest BCUT2D eigenvalue weighted by molar-refractivity contribution is -0.130. The first-order valence-corrected chi connectivity index (χ1v) is 9.29. The number of hydrogen-bond donors (Lipinski definition) is 2. The van der Waals surface area contributed by atoms with Gasteiger partial charge in [0.1, 0.15) is 11.9 Å².